The predicted octanol–water partition coefficient (Wildman–Crippen LogP) is 2.64. The lowest BCUT2D eigenvalue weighted by atomic mass is 9.98. The van der Waals surface area contributed by atoms with E-state index in [0.717, 1.165) is 23.7 Å². The molecule has 24 heavy (non-hydrogen) atoms. The Balaban J connectivity index is 1.49. The lowest BCUT2D eigenvalue weighted by Crippen LogP contribution is -2.36. The number of carbonyl (C=O) groups is 1. The molecule has 0 unspecified atom stereocenters. The van der Waals surface area contributed by atoms with Crippen molar-refractivity contribution >= 4 is 16.8 Å². The van der Waals surface area contributed by atoms with Gasteiger partial charge in [0, 0.05) is 25.0 Å². The van der Waals surface area contributed by atoms with Crippen molar-refractivity contribution in [1.29, 1.82) is 0 Å². The third kappa shape index (κ3) is 2.78. The average Bonchev–Trinajstić information content (AvgIpc) is 3.21. The minimum atomic E-state index is -0.230. The largest absolute Gasteiger partial charge is 0.376 e. The number of carbonyl (C=O) groups excluding carboxylic acids is 1. The molecular weight excluding hydrogens is 304 g/mol. The molecule has 2 atom stereocenters. The molecule has 1 aromatic heterocycles. The number of pyridine rings is 1. The van der Waals surface area contributed by atoms with Crippen LogP contribution in [0.5, 0.6) is 0 Å². The Kier molecular flexibility index (Phi) is 3.98. The van der Waals surface area contributed by atoms with E-state index in [2.05, 4.69) is 4.98 Å². The second-order valence-electron chi connectivity index (χ2n) is 6.64. The van der Waals surface area contributed by atoms with Crippen LogP contribution in [0, 0.1) is 0 Å². The quantitative estimate of drug-likeness (QED) is 0.870. The summed E-state index contributed by atoms with van der Waals surface area (Å²) in [6.07, 6.45) is 1.90. The number of ether oxygens (including phenoxy) is 2. The second-order valence-corrected chi connectivity index (χ2v) is 6.64. The Morgan fingerprint density at radius 3 is 3.12 bits per heavy atom. The van der Waals surface area contributed by atoms with Gasteiger partial charge in [-0.05, 0) is 25.5 Å². The first-order valence-corrected chi connectivity index (χ1v) is 8.60. The number of para-hydroxylation sites is 1. The molecule has 126 valence electrons. The summed E-state index contributed by atoms with van der Waals surface area (Å²) in [6.45, 7) is 4.68. The van der Waals surface area contributed by atoms with E-state index in [9.17, 15) is 4.79 Å². The van der Waals surface area contributed by atoms with E-state index in [0.29, 0.717) is 32.0 Å². The molecule has 2 aromatic rings. The highest BCUT2D eigenvalue weighted by Gasteiger charge is 2.47. The van der Waals surface area contributed by atoms with Crippen molar-refractivity contribution in [3.05, 3.63) is 42.1 Å². The molecule has 1 aromatic carbocycles. The highest BCUT2D eigenvalue weighted by atomic mass is 16.6. The van der Waals surface area contributed by atoms with Gasteiger partial charge in [0.1, 0.15) is 5.69 Å². The lowest BCUT2D eigenvalue weighted by Gasteiger charge is -2.23. The topological polar surface area (TPSA) is 51.7 Å². The molecule has 1 spiro atoms. The van der Waals surface area contributed by atoms with E-state index in [1.807, 2.05) is 48.2 Å². The van der Waals surface area contributed by atoms with Gasteiger partial charge in [-0.2, -0.15) is 0 Å². The minimum Gasteiger partial charge on any atom is -0.376 e. The maximum Gasteiger partial charge on any atom is 0.272 e. The van der Waals surface area contributed by atoms with Crippen LogP contribution in [0.1, 0.15) is 30.3 Å². The number of likely N-dealkylation sites (tertiary alicyclic amines) is 1. The van der Waals surface area contributed by atoms with Crippen LogP contribution in [-0.2, 0) is 9.47 Å². The van der Waals surface area contributed by atoms with Crippen LogP contribution in [0.15, 0.2) is 36.4 Å². The number of fused-ring (bicyclic) bond motifs is 1. The van der Waals surface area contributed by atoms with Crippen LogP contribution < -0.4 is 0 Å². The van der Waals surface area contributed by atoms with E-state index >= 15 is 0 Å². The van der Waals surface area contributed by atoms with Crippen LogP contribution >= 0.6 is 0 Å². The van der Waals surface area contributed by atoms with Gasteiger partial charge in [0.2, 0.25) is 0 Å². The van der Waals surface area contributed by atoms with Crippen molar-refractivity contribution in [2.24, 2.45) is 0 Å². The van der Waals surface area contributed by atoms with Gasteiger partial charge in [0.05, 0.1) is 30.4 Å². The summed E-state index contributed by atoms with van der Waals surface area (Å²) >= 11 is 0. The Hall–Kier alpha value is -1.98. The van der Waals surface area contributed by atoms with E-state index in [1.54, 1.807) is 0 Å². The molecule has 2 fully saturated rings. The molecule has 4 rings (SSSR count). The molecule has 3 heterocycles. The zero-order valence-electron chi connectivity index (χ0n) is 13.9. The first-order valence-electron chi connectivity index (χ1n) is 8.60. The van der Waals surface area contributed by atoms with Gasteiger partial charge in [-0.3, -0.25) is 4.79 Å². The first-order chi connectivity index (χ1) is 11.7. The zero-order valence-corrected chi connectivity index (χ0v) is 13.9. The smallest absolute Gasteiger partial charge is 0.272 e. The van der Waals surface area contributed by atoms with Gasteiger partial charge < -0.3 is 14.4 Å². The van der Waals surface area contributed by atoms with Crippen LogP contribution in [-0.4, -0.2) is 53.8 Å². The Morgan fingerprint density at radius 2 is 2.25 bits per heavy atom. The highest BCUT2D eigenvalue weighted by molar-refractivity contribution is 5.95. The number of aromatic nitrogens is 1. The van der Waals surface area contributed by atoms with Gasteiger partial charge in [0.25, 0.3) is 5.91 Å². The number of nitrogens with zero attached hydrogens (tertiary/aromatic N) is 2. The molecule has 0 saturated carbocycles. The van der Waals surface area contributed by atoms with Crippen molar-refractivity contribution in [2.45, 2.75) is 31.5 Å². The van der Waals surface area contributed by atoms with Crippen molar-refractivity contribution in [3.8, 4) is 0 Å². The maximum atomic E-state index is 12.8. The van der Waals surface area contributed by atoms with Crippen LogP contribution in [0.4, 0.5) is 0 Å². The summed E-state index contributed by atoms with van der Waals surface area (Å²) in [4.78, 5) is 19.2. The molecule has 5 nitrogen and oxygen atoms in total. The van der Waals surface area contributed by atoms with E-state index in [1.165, 1.54) is 0 Å². The van der Waals surface area contributed by atoms with Crippen LogP contribution in [0.25, 0.3) is 10.9 Å². The molecular formula is C19H22N2O3. The van der Waals surface area contributed by atoms with Gasteiger partial charge in [0.15, 0.2) is 0 Å². The van der Waals surface area contributed by atoms with E-state index in [4.69, 9.17) is 9.47 Å². The molecule has 2 aliphatic heterocycles. The third-order valence-corrected chi connectivity index (χ3v) is 5.00. The molecule has 0 aliphatic carbocycles. The summed E-state index contributed by atoms with van der Waals surface area (Å²) in [5.74, 6) is -0.0129. The number of rotatable bonds is 3. The normalized spacial score (nSPS) is 26.5. The molecule has 1 amide bonds. The number of hydrogen-bond donors (Lipinski definition) is 0. The van der Waals surface area contributed by atoms with Gasteiger partial charge in [-0.25, -0.2) is 4.98 Å². The van der Waals surface area contributed by atoms with Gasteiger partial charge >= 0.3 is 0 Å². The van der Waals surface area contributed by atoms with Crippen molar-refractivity contribution in [1.82, 2.24) is 9.88 Å². The van der Waals surface area contributed by atoms with Crippen molar-refractivity contribution < 1.29 is 14.3 Å². The van der Waals surface area contributed by atoms with Gasteiger partial charge in [-0.1, -0.05) is 24.3 Å². The monoisotopic (exact) mass is 326 g/mol. The Labute approximate surface area is 141 Å². The van der Waals surface area contributed by atoms with Crippen LogP contribution in [0.3, 0.4) is 0 Å². The molecule has 0 bridgehead atoms. The fourth-order valence-electron chi connectivity index (χ4n) is 3.79. The standard InChI is InChI=1S/C19H22N2O3/c1-2-23-15-11-19(24-12-15)9-10-21(13-19)18(22)17-8-7-14-5-3-4-6-16(14)20-17/h3-8,15H,2,9-13H2,1H3/t15-,19+/m1/s1. The zero-order chi connectivity index (χ0) is 16.6. The number of benzene rings is 1. The summed E-state index contributed by atoms with van der Waals surface area (Å²) in [5, 5.41) is 1.05. The van der Waals surface area contributed by atoms with E-state index in [-0.39, 0.29) is 17.6 Å². The third-order valence-electron chi connectivity index (χ3n) is 5.00. The van der Waals surface area contributed by atoms with Crippen LogP contribution in [0.2, 0.25) is 0 Å². The van der Waals surface area contributed by atoms with Crippen molar-refractivity contribution in [2.75, 3.05) is 26.3 Å². The highest BCUT2D eigenvalue weighted by Crippen LogP contribution is 2.36. The molecule has 5 heteroatoms. The summed E-state index contributed by atoms with van der Waals surface area (Å²) < 4.78 is 11.7. The second kappa shape index (κ2) is 6.15. The predicted molar refractivity (Wildman–Crippen MR) is 91.0 cm³/mol. The Morgan fingerprint density at radius 1 is 1.38 bits per heavy atom. The first kappa shape index (κ1) is 15.5. The Bertz CT molecular complexity index is 763. The maximum absolute atomic E-state index is 12.8. The molecule has 2 saturated heterocycles. The van der Waals surface area contributed by atoms with Gasteiger partial charge in [-0.15, -0.1) is 0 Å². The fourth-order valence-corrected chi connectivity index (χ4v) is 3.79. The minimum absolute atomic E-state index is 0.0129. The fraction of sp³-hybridized carbons (Fsp3) is 0.474. The number of amides is 1. The summed E-state index contributed by atoms with van der Waals surface area (Å²) in [7, 11) is 0. The SMILES string of the molecule is CCO[C@H]1CO[C@@]2(CCN(C(=O)c3ccc4ccccc4n3)C2)C1. The molecule has 2 aliphatic rings. The average molecular weight is 326 g/mol. The number of hydrogen-bond acceptors (Lipinski definition) is 4. The van der Waals surface area contributed by atoms with E-state index < -0.39 is 0 Å². The molecule has 0 radical (unpaired) electrons. The summed E-state index contributed by atoms with van der Waals surface area (Å²) in [6, 6.07) is 11.6. The molecule has 0 N–H and O–H groups in total. The van der Waals surface area contributed by atoms with Crippen molar-refractivity contribution in [3.63, 3.8) is 0 Å². The summed E-state index contributed by atoms with van der Waals surface area (Å²) in [5.41, 5.74) is 1.13. The lowest BCUT2D eigenvalue weighted by molar-refractivity contribution is 0.00387.